The first-order valence-corrected chi connectivity index (χ1v) is 10.3. The fourth-order valence-electron chi connectivity index (χ4n) is 2.77. The van der Waals surface area contributed by atoms with E-state index < -0.39 is 39.8 Å². The summed E-state index contributed by atoms with van der Waals surface area (Å²) in [6.07, 6.45) is 1.58. The Balaban J connectivity index is 2.14. The minimum Gasteiger partial charge on any atom is -0.459 e. The van der Waals surface area contributed by atoms with E-state index >= 15 is 0 Å². The molecule has 0 aliphatic rings. The van der Waals surface area contributed by atoms with Crippen LogP contribution in [-0.4, -0.2) is 41.1 Å². The van der Waals surface area contributed by atoms with Gasteiger partial charge in [0.15, 0.2) is 17.3 Å². The van der Waals surface area contributed by atoms with Gasteiger partial charge in [-0.05, 0) is 52.0 Å². The molecule has 0 saturated heterocycles. The van der Waals surface area contributed by atoms with E-state index in [1.807, 2.05) is 0 Å². The lowest BCUT2D eigenvalue weighted by molar-refractivity contribution is -0.152. The van der Waals surface area contributed by atoms with Crippen LogP contribution in [0.4, 0.5) is 14.5 Å². The summed E-state index contributed by atoms with van der Waals surface area (Å²) >= 11 is 0. The molecule has 0 fully saturated rings. The van der Waals surface area contributed by atoms with Crippen LogP contribution in [0.3, 0.4) is 0 Å². The van der Waals surface area contributed by atoms with E-state index in [0.717, 1.165) is 12.1 Å². The van der Waals surface area contributed by atoms with Gasteiger partial charge in [-0.1, -0.05) is 0 Å². The summed E-state index contributed by atoms with van der Waals surface area (Å²) < 4.78 is 61.6. The largest absolute Gasteiger partial charge is 0.459 e. The summed E-state index contributed by atoms with van der Waals surface area (Å²) in [4.78, 5) is 12.2. The molecule has 1 aromatic carbocycles. The van der Waals surface area contributed by atoms with Crippen LogP contribution in [0.2, 0.25) is 0 Å². The molecule has 0 aliphatic heterocycles. The highest BCUT2D eigenvalue weighted by Gasteiger charge is 2.32. The maximum Gasteiger partial charge on any atom is 0.327 e. The van der Waals surface area contributed by atoms with Gasteiger partial charge in [-0.15, -0.1) is 10.2 Å². The number of halogens is 2. The number of nitrogens with zero attached hydrogens (tertiary/aromatic N) is 4. The van der Waals surface area contributed by atoms with Gasteiger partial charge in [0.2, 0.25) is 0 Å². The Kier molecular flexibility index (Phi) is 5.50. The molecule has 2 aromatic heterocycles. The van der Waals surface area contributed by atoms with E-state index in [-0.39, 0.29) is 16.2 Å². The maximum atomic E-state index is 13.9. The molecule has 0 saturated carbocycles. The number of ether oxygens (including phenoxy) is 1. The van der Waals surface area contributed by atoms with Gasteiger partial charge in [0, 0.05) is 12.3 Å². The Labute approximate surface area is 172 Å². The van der Waals surface area contributed by atoms with Crippen LogP contribution in [0, 0.1) is 18.6 Å². The molecule has 0 aliphatic carbocycles. The Morgan fingerprint density at radius 1 is 1.17 bits per heavy atom. The molecule has 160 valence electrons. The predicted molar refractivity (Wildman–Crippen MR) is 104 cm³/mol. The number of fused-ring (bicyclic) bond motifs is 1. The van der Waals surface area contributed by atoms with Crippen molar-refractivity contribution in [2.24, 2.45) is 0 Å². The van der Waals surface area contributed by atoms with Crippen molar-refractivity contribution in [2.75, 3.05) is 10.8 Å². The first kappa shape index (κ1) is 21.6. The van der Waals surface area contributed by atoms with E-state index in [0.29, 0.717) is 16.2 Å². The zero-order chi connectivity index (χ0) is 22.3. The number of pyridine rings is 1. The number of benzene rings is 1. The molecule has 0 spiro atoms. The Bertz CT molecular complexity index is 1220. The minimum absolute atomic E-state index is 0.0340. The summed E-state index contributed by atoms with van der Waals surface area (Å²) in [6, 6.07) is 5.32. The number of hydrogen-bond acceptors (Lipinski definition) is 6. The summed E-state index contributed by atoms with van der Waals surface area (Å²) in [7, 11) is -4.43. The van der Waals surface area contributed by atoms with Crippen molar-refractivity contribution < 1.29 is 26.7 Å². The third-order valence-electron chi connectivity index (χ3n) is 4.02. The van der Waals surface area contributed by atoms with E-state index in [9.17, 15) is 22.0 Å². The zero-order valence-corrected chi connectivity index (χ0v) is 17.6. The molecule has 3 aromatic rings. The van der Waals surface area contributed by atoms with Crippen LogP contribution in [0.25, 0.3) is 5.65 Å². The monoisotopic (exact) mass is 438 g/mol. The average Bonchev–Trinajstić information content (AvgIpc) is 3.02. The molecule has 8 nitrogen and oxygen atoms in total. The first-order chi connectivity index (χ1) is 13.9. The highest BCUT2D eigenvalue weighted by molar-refractivity contribution is 7.93. The molecular weight excluding hydrogens is 418 g/mol. The van der Waals surface area contributed by atoms with Crippen LogP contribution in [-0.2, 0) is 19.6 Å². The zero-order valence-electron chi connectivity index (χ0n) is 16.8. The smallest absolute Gasteiger partial charge is 0.327 e. The van der Waals surface area contributed by atoms with Crippen molar-refractivity contribution in [2.45, 2.75) is 38.2 Å². The Morgan fingerprint density at radius 3 is 2.50 bits per heavy atom. The standard InChI is InChI=1S/C19H20F2N4O4S/c1-12-22-23-18-16(6-5-9-24(12)18)30(27,28)25(11-17(26)29-19(2,3)4)13-7-8-14(20)15(21)10-13/h5-10H,11H2,1-4H3. The Morgan fingerprint density at radius 2 is 1.87 bits per heavy atom. The lowest BCUT2D eigenvalue weighted by Crippen LogP contribution is -2.39. The van der Waals surface area contributed by atoms with Crippen LogP contribution >= 0.6 is 0 Å². The molecule has 30 heavy (non-hydrogen) atoms. The van der Waals surface area contributed by atoms with Gasteiger partial charge in [0.25, 0.3) is 10.0 Å². The third kappa shape index (κ3) is 4.25. The number of carbonyl (C=O) groups excluding carboxylic acids is 1. The number of aryl methyl sites for hydroxylation is 1. The summed E-state index contributed by atoms with van der Waals surface area (Å²) in [5.41, 5.74) is -1.07. The molecule has 0 unspecified atom stereocenters. The van der Waals surface area contributed by atoms with Gasteiger partial charge in [-0.25, -0.2) is 17.2 Å². The van der Waals surface area contributed by atoms with Crippen LogP contribution in [0.1, 0.15) is 26.6 Å². The number of aromatic nitrogens is 3. The second-order valence-corrected chi connectivity index (χ2v) is 9.34. The van der Waals surface area contributed by atoms with Crippen molar-refractivity contribution in [3.8, 4) is 0 Å². The van der Waals surface area contributed by atoms with Gasteiger partial charge < -0.3 is 4.74 Å². The second kappa shape index (κ2) is 7.63. The minimum atomic E-state index is -4.43. The van der Waals surface area contributed by atoms with E-state index in [4.69, 9.17) is 4.74 Å². The number of esters is 1. The fourth-order valence-corrected chi connectivity index (χ4v) is 4.30. The van der Waals surface area contributed by atoms with Crippen LogP contribution in [0.15, 0.2) is 41.4 Å². The molecule has 0 bridgehead atoms. The molecular formula is C19H20F2N4O4S. The highest BCUT2D eigenvalue weighted by Crippen LogP contribution is 2.27. The third-order valence-corrected chi connectivity index (χ3v) is 5.82. The van der Waals surface area contributed by atoms with E-state index in [1.54, 1.807) is 33.9 Å². The lowest BCUT2D eigenvalue weighted by Gasteiger charge is -2.26. The average molecular weight is 438 g/mol. The maximum absolute atomic E-state index is 13.9. The summed E-state index contributed by atoms with van der Waals surface area (Å²) in [5.74, 6) is -2.81. The first-order valence-electron chi connectivity index (χ1n) is 8.90. The predicted octanol–water partition coefficient (Wildman–Crippen LogP) is 2.85. The molecule has 0 N–H and O–H groups in total. The number of sulfonamides is 1. The normalized spacial score (nSPS) is 12.2. The van der Waals surface area contributed by atoms with Crippen molar-refractivity contribution in [1.29, 1.82) is 0 Å². The number of rotatable bonds is 5. The van der Waals surface area contributed by atoms with Gasteiger partial charge in [0.1, 0.15) is 22.9 Å². The molecule has 0 amide bonds. The van der Waals surface area contributed by atoms with Crippen molar-refractivity contribution in [3.05, 3.63) is 54.0 Å². The number of carbonyl (C=O) groups is 1. The topological polar surface area (TPSA) is 93.9 Å². The Hall–Kier alpha value is -3.08. The van der Waals surface area contributed by atoms with Crippen molar-refractivity contribution in [3.63, 3.8) is 0 Å². The highest BCUT2D eigenvalue weighted by atomic mass is 32.2. The molecule has 11 heteroatoms. The molecule has 0 atom stereocenters. The van der Waals surface area contributed by atoms with Crippen LogP contribution in [0.5, 0.6) is 0 Å². The SMILES string of the molecule is Cc1nnc2c(S(=O)(=O)N(CC(=O)OC(C)(C)C)c3ccc(F)c(F)c3)cccn12. The summed E-state index contributed by atoms with van der Waals surface area (Å²) in [6.45, 7) is 5.77. The van der Waals surface area contributed by atoms with Gasteiger partial charge >= 0.3 is 5.97 Å². The van der Waals surface area contributed by atoms with Crippen LogP contribution < -0.4 is 4.31 Å². The molecule has 0 radical (unpaired) electrons. The van der Waals surface area contributed by atoms with Crippen molar-refractivity contribution in [1.82, 2.24) is 14.6 Å². The van der Waals surface area contributed by atoms with Gasteiger partial charge in [-0.2, -0.15) is 0 Å². The second-order valence-electron chi connectivity index (χ2n) is 7.51. The number of anilines is 1. The molecule has 2 heterocycles. The van der Waals surface area contributed by atoms with Gasteiger partial charge in [-0.3, -0.25) is 13.5 Å². The molecule has 3 rings (SSSR count). The lowest BCUT2D eigenvalue weighted by atomic mass is 10.2. The quantitative estimate of drug-likeness (QED) is 0.569. The van der Waals surface area contributed by atoms with E-state index in [2.05, 4.69) is 10.2 Å². The fraction of sp³-hybridized carbons (Fsp3) is 0.316. The summed E-state index contributed by atoms with van der Waals surface area (Å²) in [5, 5.41) is 7.75. The van der Waals surface area contributed by atoms with Crippen molar-refractivity contribution >= 4 is 27.3 Å². The van der Waals surface area contributed by atoms with Gasteiger partial charge in [0.05, 0.1) is 5.69 Å². The number of hydrogen-bond donors (Lipinski definition) is 0. The van der Waals surface area contributed by atoms with E-state index in [1.165, 1.54) is 16.5 Å².